The summed E-state index contributed by atoms with van der Waals surface area (Å²) in [6.45, 7) is 10.3. The maximum Gasteiger partial charge on any atom is 0.329 e. The van der Waals surface area contributed by atoms with E-state index in [0.717, 1.165) is 0 Å². The van der Waals surface area contributed by atoms with Crippen LogP contribution in [-0.4, -0.2) is 282 Å². The van der Waals surface area contributed by atoms with Gasteiger partial charge in [0.05, 0.1) is 223 Å². The molecule has 0 spiro atoms. The predicted octanol–water partition coefficient (Wildman–Crippen LogP) is 1.99. The standard InChI is InChI=1S/C54H93NO29P2/c1-65-7-9-68-13-15-71-27-30-78-33-36-82-50-42-48(54(58)55-4-6-81-49-40-46(44-85(59,60)61)39-47(41-49)45-86(62,63)64)43-51(83-37-34-79-31-28-72-16-14-69-10-8-66-2)53(50)84-38-35-80-32-29-77-26-25-76-24-23-75-22-21-74-20-19-73-18-17-70-12-11-67-5-3-52(56)57/h39-43H,3-38,44-45H2,1-2H3,(H,55,58)(H,56,57)(H2,59,60,61)(H2,62,63,64). The van der Waals surface area contributed by atoms with E-state index in [1.54, 1.807) is 14.2 Å². The highest BCUT2D eigenvalue weighted by Crippen LogP contribution is 2.43. The number of amides is 1. The molecule has 0 saturated carbocycles. The van der Waals surface area contributed by atoms with Crippen molar-refractivity contribution in [1.29, 1.82) is 0 Å². The number of hydrogen-bond acceptors (Lipinski definition) is 24. The molecule has 32 heteroatoms. The summed E-state index contributed by atoms with van der Waals surface area (Å²) in [6, 6.07) is 6.94. The number of carboxylic acids is 1. The van der Waals surface area contributed by atoms with Gasteiger partial charge in [0.15, 0.2) is 11.5 Å². The van der Waals surface area contributed by atoms with Gasteiger partial charge in [-0.15, -0.1) is 0 Å². The lowest BCUT2D eigenvalue weighted by molar-refractivity contribution is -0.138. The van der Waals surface area contributed by atoms with Gasteiger partial charge in [-0.2, -0.15) is 0 Å². The molecule has 6 N–H and O–H groups in total. The number of carbonyl (C=O) groups is 2. The van der Waals surface area contributed by atoms with Crippen molar-refractivity contribution in [2.45, 2.75) is 18.7 Å². The Hall–Kier alpha value is -3.76. The van der Waals surface area contributed by atoms with Crippen LogP contribution in [0.25, 0.3) is 0 Å². The molecule has 2 aromatic rings. The van der Waals surface area contributed by atoms with Crippen LogP contribution in [0.3, 0.4) is 0 Å². The number of ether oxygens (including phenoxy) is 20. The van der Waals surface area contributed by atoms with Crippen molar-refractivity contribution in [3.05, 3.63) is 47.0 Å². The summed E-state index contributed by atoms with van der Waals surface area (Å²) in [4.78, 5) is 62.4. The smallest absolute Gasteiger partial charge is 0.329 e. The molecule has 1 amide bonds. The summed E-state index contributed by atoms with van der Waals surface area (Å²) in [7, 11) is -5.89. The van der Waals surface area contributed by atoms with E-state index in [1.807, 2.05) is 0 Å². The molecule has 0 fully saturated rings. The minimum absolute atomic E-state index is 0.0371. The molecular weight excluding hydrogens is 1190 g/mol. The zero-order valence-electron chi connectivity index (χ0n) is 49.7. The largest absolute Gasteiger partial charge is 0.492 e. The number of aliphatic carboxylic acids is 1. The van der Waals surface area contributed by atoms with Crippen LogP contribution in [0.5, 0.6) is 23.0 Å². The van der Waals surface area contributed by atoms with E-state index < -0.39 is 39.4 Å². The zero-order chi connectivity index (χ0) is 62.5. The summed E-state index contributed by atoms with van der Waals surface area (Å²) >= 11 is 0. The number of benzene rings is 2. The van der Waals surface area contributed by atoms with E-state index in [1.165, 1.54) is 30.3 Å². The molecule has 0 atom stereocenters. The average Bonchev–Trinajstić information content (AvgIpc) is 3.34. The van der Waals surface area contributed by atoms with Crippen molar-refractivity contribution in [3.8, 4) is 23.0 Å². The topological polar surface area (TPSA) is 366 Å². The van der Waals surface area contributed by atoms with Crippen LogP contribution in [0.2, 0.25) is 0 Å². The van der Waals surface area contributed by atoms with Gasteiger partial charge in [-0.05, 0) is 35.4 Å². The van der Waals surface area contributed by atoms with E-state index in [9.17, 15) is 38.3 Å². The Morgan fingerprint density at radius 2 is 0.663 bits per heavy atom. The van der Waals surface area contributed by atoms with Crippen molar-refractivity contribution in [3.63, 3.8) is 0 Å². The van der Waals surface area contributed by atoms with Gasteiger partial charge in [0, 0.05) is 19.8 Å². The highest BCUT2D eigenvalue weighted by molar-refractivity contribution is 7.51. The molecule has 0 aromatic heterocycles. The number of rotatable bonds is 63. The Morgan fingerprint density at radius 3 is 0.965 bits per heavy atom. The summed E-state index contributed by atoms with van der Waals surface area (Å²) in [6.07, 6.45) is -1.40. The Labute approximate surface area is 503 Å². The van der Waals surface area contributed by atoms with Crippen LogP contribution in [0.15, 0.2) is 30.3 Å². The van der Waals surface area contributed by atoms with Gasteiger partial charge in [0.25, 0.3) is 5.91 Å². The Balaban J connectivity index is 1.95. The van der Waals surface area contributed by atoms with E-state index >= 15 is 0 Å². The summed E-state index contributed by atoms with van der Waals surface area (Å²) in [5.41, 5.74) is 0.331. The Bertz CT molecular complexity index is 1990. The second-order valence-electron chi connectivity index (χ2n) is 17.8. The first kappa shape index (κ1) is 78.3. The molecule has 2 rings (SSSR count). The van der Waals surface area contributed by atoms with Crippen molar-refractivity contribution in [2.24, 2.45) is 0 Å². The molecule has 498 valence electrons. The summed E-state index contributed by atoms with van der Waals surface area (Å²) in [5, 5.41) is 11.3. The molecule has 0 aliphatic rings. The second kappa shape index (κ2) is 53.1. The van der Waals surface area contributed by atoms with Crippen molar-refractivity contribution < 1.29 is 138 Å². The first-order valence-electron chi connectivity index (χ1n) is 28.2. The molecular formula is C54H93NO29P2. The van der Waals surface area contributed by atoms with Gasteiger partial charge in [-0.1, -0.05) is 6.07 Å². The van der Waals surface area contributed by atoms with E-state index in [0.29, 0.717) is 145 Å². The molecule has 0 aliphatic heterocycles. The molecule has 0 aliphatic carbocycles. The Morgan fingerprint density at radius 1 is 0.372 bits per heavy atom. The molecule has 30 nitrogen and oxygen atoms in total. The third-order valence-electron chi connectivity index (χ3n) is 10.6. The minimum atomic E-state index is -4.54. The number of hydrogen-bond donors (Lipinski definition) is 6. The fraction of sp³-hybridized carbons (Fsp3) is 0.741. The molecule has 0 saturated heterocycles. The lowest BCUT2D eigenvalue weighted by Crippen LogP contribution is -2.28. The first-order chi connectivity index (χ1) is 41.7. The van der Waals surface area contributed by atoms with Crippen molar-refractivity contribution >= 4 is 27.1 Å². The van der Waals surface area contributed by atoms with Crippen LogP contribution in [0.1, 0.15) is 27.9 Å². The number of carbonyl (C=O) groups excluding carboxylic acids is 1. The van der Waals surface area contributed by atoms with Crippen LogP contribution < -0.4 is 24.3 Å². The van der Waals surface area contributed by atoms with Gasteiger partial charge >= 0.3 is 21.2 Å². The quantitative estimate of drug-likeness (QED) is 0.0407. The SMILES string of the molecule is COCCOCCOCCOCCOc1cc(C(=O)NCCOc2cc(CP(=O)(O)O)cc(CP(=O)(O)O)c2)cc(OCCOCCOCCOCCOC)c1OCCOCCOCCOCCOCCOCCOCCOCCOCCC(=O)O. The fourth-order valence-corrected chi connectivity index (χ4v) is 8.08. The summed E-state index contributed by atoms with van der Waals surface area (Å²) < 4.78 is 135. The highest BCUT2D eigenvalue weighted by atomic mass is 31.2. The lowest BCUT2D eigenvalue weighted by atomic mass is 10.1. The maximum absolute atomic E-state index is 13.8. The molecule has 2 aromatic carbocycles. The normalized spacial score (nSPS) is 11.8. The fourth-order valence-electron chi connectivity index (χ4n) is 6.76. The van der Waals surface area contributed by atoms with E-state index in [4.69, 9.17) is 99.8 Å². The molecule has 0 bridgehead atoms. The predicted molar refractivity (Wildman–Crippen MR) is 306 cm³/mol. The number of methoxy groups -OCH3 is 2. The molecule has 0 radical (unpaired) electrons. The van der Waals surface area contributed by atoms with Crippen LogP contribution in [0.4, 0.5) is 0 Å². The van der Waals surface area contributed by atoms with Crippen molar-refractivity contribution in [1.82, 2.24) is 5.32 Å². The van der Waals surface area contributed by atoms with Gasteiger partial charge < -0.3 is 125 Å². The van der Waals surface area contributed by atoms with Crippen molar-refractivity contribution in [2.75, 3.05) is 245 Å². The van der Waals surface area contributed by atoms with E-state index in [2.05, 4.69) is 5.32 Å². The number of nitrogens with one attached hydrogen (secondary N) is 1. The maximum atomic E-state index is 13.8. The Kier molecular flexibility index (Phi) is 48.4. The monoisotopic (exact) mass is 1280 g/mol. The zero-order valence-corrected chi connectivity index (χ0v) is 51.5. The van der Waals surface area contributed by atoms with Gasteiger partial charge in [-0.3, -0.25) is 18.7 Å². The summed E-state index contributed by atoms with van der Waals surface area (Å²) in [5.74, 6) is -0.907. The first-order valence-corrected chi connectivity index (χ1v) is 31.8. The molecule has 86 heavy (non-hydrogen) atoms. The third kappa shape index (κ3) is 47.3. The van der Waals surface area contributed by atoms with Gasteiger partial charge in [0.1, 0.15) is 32.2 Å². The highest BCUT2D eigenvalue weighted by Gasteiger charge is 2.21. The van der Waals surface area contributed by atoms with Gasteiger partial charge in [-0.25, -0.2) is 0 Å². The molecule has 0 heterocycles. The number of carboxylic acid groups (broad SMARTS) is 1. The second-order valence-corrected chi connectivity index (χ2v) is 21.1. The lowest BCUT2D eigenvalue weighted by Gasteiger charge is -2.19. The van der Waals surface area contributed by atoms with Crippen LogP contribution >= 0.6 is 15.2 Å². The van der Waals surface area contributed by atoms with E-state index in [-0.39, 0.29) is 132 Å². The average molecular weight is 1280 g/mol. The third-order valence-corrected chi connectivity index (χ3v) is 12.2. The minimum Gasteiger partial charge on any atom is -0.492 e. The van der Waals surface area contributed by atoms with Crippen LogP contribution in [-0.2, 0) is 102 Å². The molecule has 0 unspecified atom stereocenters. The van der Waals surface area contributed by atoms with Crippen LogP contribution in [0, 0.1) is 0 Å². The van der Waals surface area contributed by atoms with Gasteiger partial charge in [0.2, 0.25) is 5.75 Å².